The lowest BCUT2D eigenvalue weighted by molar-refractivity contribution is -0.141. The minimum atomic E-state index is -1.05. The molecule has 2 N–H and O–H groups in total. The zero-order valence-corrected chi connectivity index (χ0v) is 10.9. The molecule has 96 valence electrons. The number of anilines is 1. The van der Waals surface area contributed by atoms with E-state index in [-0.39, 0.29) is 0 Å². The second-order valence-electron chi connectivity index (χ2n) is 4.67. The first-order valence-electron chi connectivity index (χ1n) is 5.95. The van der Waals surface area contributed by atoms with Crippen LogP contribution in [0.15, 0.2) is 18.2 Å². The van der Waals surface area contributed by atoms with Gasteiger partial charge >= 0.3 is 5.97 Å². The molecule has 0 aliphatic heterocycles. The lowest BCUT2D eigenvalue weighted by atomic mass is 9.95. The summed E-state index contributed by atoms with van der Waals surface area (Å²) in [5.74, 6) is -0.908. The standard InChI is InChI=1S/C14H18N2O2/c1-4-7-14(3,13(17)18)16-12-8-10(2)5-6-11(12)9-15/h5-6,8,16H,4,7H2,1-3H3,(H,17,18). The van der Waals surface area contributed by atoms with Crippen LogP contribution in [0.5, 0.6) is 0 Å². The highest BCUT2D eigenvalue weighted by atomic mass is 16.4. The number of nitriles is 1. The Morgan fingerprint density at radius 2 is 2.22 bits per heavy atom. The SMILES string of the molecule is CCCC(C)(Nc1cc(C)ccc1C#N)C(=O)O. The number of rotatable bonds is 5. The minimum Gasteiger partial charge on any atom is -0.480 e. The van der Waals surface area contributed by atoms with E-state index in [2.05, 4.69) is 11.4 Å². The molecule has 0 radical (unpaired) electrons. The van der Waals surface area contributed by atoms with Gasteiger partial charge in [0.1, 0.15) is 11.6 Å². The van der Waals surface area contributed by atoms with E-state index in [1.807, 2.05) is 19.9 Å². The third kappa shape index (κ3) is 3.01. The number of benzene rings is 1. The third-order valence-corrected chi connectivity index (χ3v) is 2.93. The van der Waals surface area contributed by atoms with Crippen LogP contribution in [0, 0.1) is 18.3 Å². The Hall–Kier alpha value is -2.02. The topological polar surface area (TPSA) is 73.1 Å². The number of carboxylic acid groups (broad SMARTS) is 1. The quantitative estimate of drug-likeness (QED) is 0.837. The molecule has 18 heavy (non-hydrogen) atoms. The fraction of sp³-hybridized carbons (Fsp3) is 0.429. The average Bonchev–Trinajstić information content (AvgIpc) is 2.29. The normalized spacial score (nSPS) is 13.4. The Kier molecular flexibility index (Phi) is 4.33. The Bertz CT molecular complexity index is 491. The number of carbonyl (C=O) groups is 1. The van der Waals surface area contributed by atoms with Crippen LogP contribution in [0.25, 0.3) is 0 Å². The number of hydrogen-bond acceptors (Lipinski definition) is 3. The predicted octanol–water partition coefficient (Wildman–Crippen LogP) is 2.92. The van der Waals surface area contributed by atoms with Crippen molar-refractivity contribution in [3.05, 3.63) is 29.3 Å². The van der Waals surface area contributed by atoms with E-state index < -0.39 is 11.5 Å². The molecule has 0 aliphatic rings. The minimum absolute atomic E-state index is 0.462. The third-order valence-electron chi connectivity index (χ3n) is 2.93. The van der Waals surface area contributed by atoms with Gasteiger partial charge in [-0.05, 0) is 38.0 Å². The first-order chi connectivity index (χ1) is 8.42. The number of hydrogen-bond donors (Lipinski definition) is 2. The Balaban J connectivity index is 3.12. The Morgan fingerprint density at radius 3 is 2.72 bits per heavy atom. The van der Waals surface area contributed by atoms with Gasteiger partial charge in [0.05, 0.1) is 11.3 Å². The van der Waals surface area contributed by atoms with Gasteiger partial charge in [0.2, 0.25) is 0 Å². The molecule has 1 aromatic rings. The average molecular weight is 246 g/mol. The number of nitrogens with zero attached hydrogens (tertiary/aromatic N) is 1. The van der Waals surface area contributed by atoms with Gasteiger partial charge < -0.3 is 10.4 Å². The van der Waals surface area contributed by atoms with Gasteiger partial charge in [0.25, 0.3) is 0 Å². The predicted molar refractivity (Wildman–Crippen MR) is 70.5 cm³/mol. The highest BCUT2D eigenvalue weighted by Crippen LogP contribution is 2.24. The summed E-state index contributed by atoms with van der Waals surface area (Å²) >= 11 is 0. The van der Waals surface area contributed by atoms with Crippen molar-refractivity contribution >= 4 is 11.7 Å². The van der Waals surface area contributed by atoms with E-state index in [4.69, 9.17) is 5.26 Å². The molecular weight excluding hydrogens is 228 g/mol. The Labute approximate surface area is 107 Å². The zero-order valence-electron chi connectivity index (χ0n) is 10.9. The van der Waals surface area contributed by atoms with Crippen molar-refractivity contribution in [2.24, 2.45) is 0 Å². The lowest BCUT2D eigenvalue weighted by Crippen LogP contribution is -2.43. The molecule has 1 aromatic carbocycles. The van der Waals surface area contributed by atoms with Crippen LogP contribution < -0.4 is 5.32 Å². The molecule has 1 atom stereocenters. The highest BCUT2D eigenvalue weighted by molar-refractivity contribution is 5.83. The molecule has 4 nitrogen and oxygen atoms in total. The van der Waals surface area contributed by atoms with Gasteiger partial charge in [-0.15, -0.1) is 0 Å². The van der Waals surface area contributed by atoms with Crippen LogP contribution in [-0.4, -0.2) is 16.6 Å². The zero-order chi connectivity index (χ0) is 13.8. The maximum Gasteiger partial charge on any atom is 0.329 e. The Morgan fingerprint density at radius 1 is 1.56 bits per heavy atom. The van der Waals surface area contributed by atoms with E-state index >= 15 is 0 Å². The van der Waals surface area contributed by atoms with Crippen molar-refractivity contribution in [1.82, 2.24) is 0 Å². The van der Waals surface area contributed by atoms with Crippen LogP contribution in [0.1, 0.15) is 37.8 Å². The largest absolute Gasteiger partial charge is 0.480 e. The number of aliphatic carboxylic acids is 1. The van der Waals surface area contributed by atoms with E-state index in [9.17, 15) is 9.90 Å². The molecule has 0 aromatic heterocycles. The van der Waals surface area contributed by atoms with Gasteiger partial charge in [0, 0.05) is 0 Å². The summed E-state index contributed by atoms with van der Waals surface area (Å²) in [7, 11) is 0. The van der Waals surface area contributed by atoms with Crippen LogP contribution in [0.3, 0.4) is 0 Å². The van der Waals surface area contributed by atoms with Crippen molar-refractivity contribution in [3.8, 4) is 6.07 Å². The molecule has 0 spiro atoms. The summed E-state index contributed by atoms with van der Waals surface area (Å²) in [4.78, 5) is 11.4. The smallest absolute Gasteiger partial charge is 0.329 e. The molecule has 0 saturated heterocycles. The summed E-state index contributed by atoms with van der Waals surface area (Å²) in [6.07, 6.45) is 1.25. The number of aryl methyl sites for hydroxylation is 1. The van der Waals surface area contributed by atoms with Crippen molar-refractivity contribution in [3.63, 3.8) is 0 Å². The molecule has 0 heterocycles. The fourth-order valence-corrected chi connectivity index (χ4v) is 1.88. The van der Waals surface area contributed by atoms with E-state index in [1.165, 1.54) is 0 Å². The van der Waals surface area contributed by atoms with E-state index in [0.717, 1.165) is 12.0 Å². The van der Waals surface area contributed by atoms with Crippen molar-refractivity contribution in [2.75, 3.05) is 5.32 Å². The summed E-state index contributed by atoms with van der Waals surface area (Å²) in [5, 5.41) is 21.3. The fourth-order valence-electron chi connectivity index (χ4n) is 1.88. The molecular formula is C14H18N2O2. The molecule has 4 heteroatoms. The van der Waals surface area contributed by atoms with Crippen LogP contribution in [0.2, 0.25) is 0 Å². The van der Waals surface area contributed by atoms with E-state index in [0.29, 0.717) is 17.7 Å². The van der Waals surface area contributed by atoms with Crippen molar-refractivity contribution in [1.29, 1.82) is 5.26 Å². The van der Waals surface area contributed by atoms with Gasteiger partial charge in [-0.3, -0.25) is 0 Å². The van der Waals surface area contributed by atoms with E-state index in [1.54, 1.807) is 19.1 Å². The first kappa shape index (κ1) is 14.0. The lowest BCUT2D eigenvalue weighted by Gasteiger charge is -2.27. The second-order valence-corrected chi connectivity index (χ2v) is 4.67. The maximum absolute atomic E-state index is 11.4. The molecule has 0 aliphatic carbocycles. The summed E-state index contributed by atoms with van der Waals surface area (Å²) < 4.78 is 0. The summed E-state index contributed by atoms with van der Waals surface area (Å²) in [5.41, 5.74) is 0.981. The van der Waals surface area contributed by atoms with Crippen molar-refractivity contribution in [2.45, 2.75) is 39.2 Å². The van der Waals surface area contributed by atoms with Gasteiger partial charge in [-0.2, -0.15) is 5.26 Å². The summed E-state index contributed by atoms with van der Waals surface area (Å²) in [6.45, 7) is 5.48. The molecule has 1 rings (SSSR count). The first-order valence-corrected chi connectivity index (χ1v) is 5.95. The maximum atomic E-state index is 11.4. The van der Waals surface area contributed by atoms with Crippen LogP contribution >= 0.6 is 0 Å². The molecule has 0 amide bonds. The van der Waals surface area contributed by atoms with Gasteiger partial charge in [0.15, 0.2) is 0 Å². The van der Waals surface area contributed by atoms with Crippen LogP contribution in [-0.2, 0) is 4.79 Å². The summed E-state index contributed by atoms with van der Waals surface area (Å²) in [6, 6.07) is 7.41. The van der Waals surface area contributed by atoms with Crippen molar-refractivity contribution < 1.29 is 9.90 Å². The monoisotopic (exact) mass is 246 g/mol. The molecule has 0 saturated carbocycles. The highest BCUT2D eigenvalue weighted by Gasteiger charge is 2.32. The van der Waals surface area contributed by atoms with Gasteiger partial charge in [-0.1, -0.05) is 19.4 Å². The van der Waals surface area contributed by atoms with Crippen LogP contribution in [0.4, 0.5) is 5.69 Å². The molecule has 0 bridgehead atoms. The van der Waals surface area contributed by atoms with Gasteiger partial charge in [-0.25, -0.2) is 4.79 Å². The number of carboxylic acids is 1. The molecule has 0 fully saturated rings. The number of nitrogens with one attached hydrogen (secondary N) is 1. The molecule has 1 unspecified atom stereocenters. The second kappa shape index (κ2) is 5.54.